The number of rotatable bonds is 3. The number of hydrogen-bond donors (Lipinski definition) is 0. The van der Waals surface area contributed by atoms with Gasteiger partial charge in [-0.25, -0.2) is 8.78 Å². The van der Waals surface area contributed by atoms with E-state index in [1.54, 1.807) is 4.90 Å². The molecule has 156 valence electrons. The third-order valence-electron chi connectivity index (χ3n) is 6.99. The highest BCUT2D eigenvalue weighted by Gasteiger charge is 2.51. The van der Waals surface area contributed by atoms with Crippen LogP contribution in [-0.4, -0.2) is 41.2 Å². The summed E-state index contributed by atoms with van der Waals surface area (Å²) in [5.41, 5.74) is 0.874. The molecule has 2 heterocycles. The number of fused-ring (bicyclic) bond motifs is 1. The van der Waals surface area contributed by atoms with Crippen LogP contribution in [0.4, 0.5) is 8.78 Å². The average Bonchev–Trinajstić information content (AvgIpc) is 3.24. The number of carbonyl (C=O) groups excluding carboxylic acids is 2. The van der Waals surface area contributed by atoms with Gasteiger partial charge in [-0.15, -0.1) is 0 Å². The first-order valence-electron chi connectivity index (χ1n) is 10.6. The summed E-state index contributed by atoms with van der Waals surface area (Å²) in [5, 5.41) is 0. The van der Waals surface area contributed by atoms with Gasteiger partial charge in [0.2, 0.25) is 5.91 Å². The van der Waals surface area contributed by atoms with E-state index < -0.39 is 17.5 Å². The molecule has 3 atom stereocenters. The molecular formula is C24H24F2N2O2. The normalized spacial score (nSPS) is 25.9. The van der Waals surface area contributed by atoms with Crippen molar-refractivity contribution in [1.29, 1.82) is 0 Å². The van der Waals surface area contributed by atoms with Gasteiger partial charge in [-0.05, 0) is 30.5 Å². The minimum atomic E-state index is -0.842. The Morgan fingerprint density at radius 2 is 1.70 bits per heavy atom. The van der Waals surface area contributed by atoms with Gasteiger partial charge in [0.15, 0.2) is 0 Å². The molecular weight excluding hydrogens is 386 g/mol. The number of nitrogens with zero attached hydrogens (tertiary/aromatic N) is 2. The molecule has 1 saturated carbocycles. The van der Waals surface area contributed by atoms with Crippen LogP contribution >= 0.6 is 0 Å². The monoisotopic (exact) mass is 410 g/mol. The van der Waals surface area contributed by atoms with E-state index in [9.17, 15) is 18.4 Å². The van der Waals surface area contributed by atoms with Crippen LogP contribution in [-0.2, 0) is 4.79 Å². The number of likely N-dealkylation sites (tertiary alicyclic amines) is 2. The van der Waals surface area contributed by atoms with Gasteiger partial charge >= 0.3 is 0 Å². The minimum Gasteiger partial charge on any atom is -0.342 e. The van der Waals surface area contributed by atoms with Crippen LogP contribution < -0.4 is 0 Å². The maximum Gasteiger partial charge on any atom is 0.257 e. The Balaban J connectivity index is 1.44. The van der Waals surface area contributed by atoms with Gasteiger partial charge in [0.05, 0.1) is 11.6 Å². The zero-order valence-corrected chi connectivity index (χ0v) is 16.6. The van der Waals surface area contributed by atoms with E-state index in [1.807, 2.05) is 35.2 Å². The lowest BCUT2D eigenvalue weighted by atomic mass is 9.84. The van der Waals surface area contributed by atoms with Crippen molar-refractivity contribution in [1.82, 2.24) is 9.80 Å². The van der Waals surface area contributed by atoms with Crippen LogP contribution in [0.3, 0.4) is 0 Å². The Hall–Kier alpha value is -2.76. The molecule has 6 heteroatoms. The Morgan fingerprint density at radius 3 is 2.37 bits per heavy atom. The summed E-state index contributed by atoms with van der Waals surface area (Å²) >= 11 is 0. The largest absolute Gasteiger partial charge is 0.342 e. The molecule has 30 heavy (non-hydrogen) atoms. The van der Waals surface area contributed by atoms with Crippen LogP contribution in [0.5, 0.6) is 0 Å². The lowest BCUT2D eigenvalue weighted by Crippen LogP contribution is -2.41. The Morgan fingerprint density at radius 1 is 0.933 bits per heavy atom. The van der Waals surface area contributed by atoms with E-state index in [0.29, 0.717) is 19.6 Å². The maximum atomic E-state index is 14.3. The molecule has 5 rings (SSSR count). The quantitative estimate of drug-likeness (QED) is 0.766. The zero-order valence-electron chi connectivity index (χ0n) is 16.6. The van der Waals surface area contributed by atoms with Crippen LogP contribution in [0.2, 0.25) is 0 Å². The maximum absolute atomic E-state index is 14.3. The van der Waals surface area contributed by atoms with Crippen molar-refractivity contribution in [2.45, 2.75) is 25.3 Å². The van der Waals surface area contributed by atoms with Gasteiger partial charge in [0, 0.05) is 43.5 Å². The third kappa shape index (κ3) is 3.18. The number of benzene rings is 2. The summed E-state index contributed by atoms with van der Waals surface area (Å²) in [6.07, 6.45) is 3.07. The van der Waals surface area contributed by atoms with Gasteiger partial charge in [-0.2, -0.15) is 0 Å². The number of hydrogen-bond acceptors (Lipinski definition) is 2. The lowest BCUT2D eigenvalue weighted by Gasteiger charge is -2.32. The van der Waals surface area contributed by atoms with Crippen molar-refractivity contribution >= 4 is 11.8 Å². The van der Waals surface area contributed by atoms with Crippen LogP contribution in [0, 0.1) is 29.4 Å². The molecule has 0 spiro atoms. The average molecular weight is 410 g/mol. The second-order valence-corrected chi connectivity index (χ2v) is 8.73. The van der Waals surface area contributed by atoms with Gasteiger partial charge in [0.25, 0.3) is 5.91 Å². The zero-order chi connectivity index (χ0) is 20.8. The predicted octanol–water partition coefficient (Wildman–Crippen LogP) is 4.04. The molecule has 2 aromatic carbocycles. The molecule has 0 N–H and O–H groups in total. The van der Waals surface area contributed by atoms with Gasteiger partial charge in [-0.3, -0.25) is 9.59 Å². The third-order valence-corrected chi connectivity index (χ3v) is 6.99. The lowest BCUT2D eigenvalue weighted by molar-refractivity contribution is -0.137. The first-order chi connectivity index (χ1) is 14.5. The second kappa shape index (κ2) is 7.49. The number of carbonyl (C=O) groups is 2. The van der Waals surface area contributed by atoms with Crippen molar-refractivity contribution in [3.05, 3.63) is 71.3 Å². The van der Waals surface area contributed by atoms with Crippen molar-refractivity contribution in [3.63, 3.8) is 0 Å². The van der Waals surface area contributed by atoms with Crippen molar-refractivity contribution in [2.24, 2.45) is 17.8 Å². The molecule has 4 nitrogen and oxygen atoms in total. The molecule has 2 aliphatic heterocycles. The highest BCUT2D eigenvalue weighted by atomic mass is 19.1. The fourth-order valence-electron chi connectivity index (χ4n) is 5.24. The molecule has 2 amide bonds. The highest BCUT2D eigenvalue weighted by Crippen LogP contribution is 2.46. The smallest absolute Gasteiger partial charge is 0.257 e. The van der Waals surface area contributed by atoms with Gasteiger partial charge < -0.3 is 9.80 Å². The van der Waals surface area contributed by atoms with E-state index in [2.05, 4.69) is 0 Å². The fourth-order valence-corrected chi connectivity index (χ4v) is 5.24. The van der Waals surface area contributed by atoms with Crippen LogP contribution in [0.25, 0.3) is 0 Å². The Labute approximate surface area is 174 Å². The van der Waals surface area contributed by atoms with E-state index in [-0.39, 0.29) is 35.3 Å². The molecule has 2 aromatic rings. The van der Waals surface area contributed by atoms with E-state index in [1.165, 1.54) is 6.07 Å². The number of amides is 2. The Kier molecular flexibility index (Phi) is 4.80. The SMILES string of the molecule is O=C(C1CCC1)N1C[C@H]2CN(C(=O)c3ccc(F)cc3F)[C@H](c3ccccc3)[C@H]2C1. The summed E-state index contributed by atoms with van der Waals surface area (Å²) in [5.74, 6) is -1.30. The molecule has 1 aliphatic carbocycles. The highest BCUT2D eigenvalue weighted by molar-refractivity contribution is 5.95. The van der Waals surface area contributed by atoms with E-state index in [0.717, 1.165) is 37.0 Å². The molecule has 3 fully saturated rings. The summed E-state index contributed by atoms with van der Waals surface area (Å²) in [7, 11) is 0. The standard InChI is InChI=1S/C24H24F2N2O2/c25-18-9-10-19(21(26)11-18)24(30)28-13-17-12-27(23(29)16-7-4-8-16)14-20(17)22(28)15-5-2-1-3-6-15/h1-3,5-6,9-11,16-17,20,22H,4,7-8,12-14H2/t17-,20-,22+/m0/s1. The van der Waals surface area contributed by atoms with E-state index >= 15 is 0 Å². The minimum absolute atomic E-state index is 0.111. The summed E-state index contributed by atoms with van der Waals surface area (Å²) in [6.45, 7) is 1.72. The summed E-state index contributed by atoms with van der Waals surface area (Å²) < 4.78 is 27.7. The summed E-state index contributed by atoms with van der Waals surface area (Å²) in [6, 6.07) is 12.6. The van der Waals surface area contributed by atoms with Gasteiger partial charge in [0.1, 0.15) is 11.6 Å². The topological polar surface area (TPSA) is 40.6 Å². The predicted molar refractivity (Wildman–Crippen MR) is 107 cm³/mol. The van der Waals surface area contributed by atoms with Crippen molar-refractivity contribution < 1.29 is 18.4 Å². The van der Waals surface area contributed by atoms with Crippen LogP contribution in [0.1, 0.15) is 41.2 Å². The fraction of sp³-hybridized carbons (Fsp3) is 0.417. The van der Waals surface area contributed by atoms with Crippen molar-refractivity contribution in [3.8, 4) is 0 Å². The number of halogens is 2. The van der Waals surface area contributed by atoms with Crippen LogP contribution in [0.15, 0.2) is 48.5 Å². The first-order valence-corrected chi connectivity index (χ1v) is 10.6. The van der Waals surface area contributed by atoms with E-state index in [4.69, 9.17) is 0 Å². The van der Waals surface area contributed by atoms with Gasteiger partial charge in [-0.1, -0.05) is 36.8 Å². The molecule has 2 saturated heterocycles. The van der Waals surface area contributed by atoms with Crippen molar-refractivity contribution in [2.75, 3.05) is 19.6 Å². The second-order valence-electron chi connectivity index (χ2n) is 8.73. The summed E-state index contributed by atoms with van der Waals surface area (Å²) in [4.78, 5) is 29.7. The Bertz CT molecular complexity index is 976. The molecule has 0 bridgehead atoms. The molecule has 0 radical (unpaired) electrons. The molecule has 0 unspecified atom stereocenters. The first kappa shape index (κ1) is 19.2. The molecule has 0 aromatic heterocycles. The molecule has 3 aliphatic rings.